The molecule has 0 bridgehead atoms. The first-order valence-electron chi connectivity index (χ1n) is 6.81. The van der Waals surface area contributed by atoms with Crippen LogP contribution in [-0.4, -0.2) is 49.6 Å². The summed E-state index contributed by atoms with van der Waals surface area (Å²) in [6.45, 7) is 1.51. The molecule has 1 saturated heterocycles. The van der Waals surface area contributed by atoms with Crippen LogP contribution in [0.1, 0.15) is 17.5 Å². The highest BCUT2D eigenvalue weighted by Crippen LogP contribution is 2.15. The number of hydrogen-bond donors (Lipinski definition) is 1. The minimum atomic E-state index is -2.90. The van der Waals surface area contributed by atoms with Gasteiger partial charge in [0.05, 0.1) is 18.1 Å². The second kappa shape index (κ2) is 7.03. The maximum absolute atomic E-state index is 13.3. The molecule has 0 atom stereocenters. The summed E-state index contributed by atoms with van der Waals surface area (Å²) in [5.41, 5.74) is 1.47. The van der Waals surface area contributed by atoms with E-state index in [-0.39, 0.29) is 23.9 Å². The van der Waals surface area contributed by atoms with Crippen molar-refractivity contribution in [1.29, 1.82) is 0 Å². The van der Waals surface area contributed by atoms with Crippen molar-refractivity contribution in [2.24, 2.45) is 0 Å². The Balaban J connectivity index is 2.11. The van der Waals surface area contributed by atoms with Crippen molar-refractivity contribution in [3.63, 3.8) is 0 Å². The molecule has 1 N–H and O–H groups in total. The molecule has 0 unspecified atom stereocenters. The van der Waals surface area contributed by atoms with Crippen molar-refractivity contribution in [2.45, 2.75) is 13.0 Å². The first-order valence-corrected chi connectivity index (χ1v) is 8.63. The zero-order chi connectivity index (χ0) is 15.3. The standard InChI is InChI=1S/C15H18FNO3S/c16-15-5-4-14(13(11-15)3-1-2-8-18)12-17-6-9-21(19,20)10-7-17/h4-5,11,18H,2,6-10,12H2. The molecular weight excluding hydrogens is 293 g/mol. The van der Waals surface area contributed by atoms with Crippen LogP contribution in [0.3, 0.4) is 0 Å². The van der Waals surface area contributed by atoms with Crippen molar-refractivity contribution in [3.8, 4) is 11.8 Å². The van der Waals surface area contributed by atoms with Gasteiger partial charge in [-0.15, -0.1) is 0 Å². The highest BCUT2D eigenvalue weighted by molar-refractivity contribution is 7.91. The molecule has 6 heteroatoms. The minimum absolute atomic E-state index is 0.0262. The third-order valence-electron chi connectivity index (χ3n) is 3.36. The molecule has 1 aromatic carbocycles. The molecule has 1 fully saturated rings. The van der Waals surface area contributed by atoms with Crippen LogP contribution in [0, 0.1) is 17.7 Å². The fraction of sp³-hybridized carbons (Fsp3) is 0.467. The summed E-state index contributed by atoms with van der Waals surface area (Å²) in [5, 5.41) is 8.74. The number of hydrogen-bond acceptors (Lipinski definition) is 4. The Morgan fingerprint density at radius 3 is 2.67 bits per heavy atom. The minimum Gasteiger partial charge on any atom is -0.395 e. The topological polar surface area (TPSA) is 57.6 Å². The van der Waals surface area contributed by atoms with E-state index in [9.17, 15) is 12.8 Å². The summed E-state index contributed by atoms with van der Waals surface area (Å²) >= 11 is 0. The lowest BCUT2D eigenvalue weighted by Gasteiger charge is -2.26. The van der Waals surface area contributed by atoms with Crippen LogP contribution in [0.25, 0.3) is 0 Å². The smallest absolute Gasteiger partial charge is 0.152 e. The lowest BCUT2D eigenvalue weighted by Crippen LogP contribution is -2.39. The second-order valence-corrected chi connectivity index (χ2v) is 7.31. The maximum Gasteiger partial charge on any atom is 0.152 e. The predicted molar refractivity (Wildman–Crippen MR) is 78.9 cm³/mol. The van der Waals surface area contributed by atoms with Gasteiger partial charge in [-0.3, -0.25) is 4.90 Å². The van der Waals surface area contributed by atoms with E-state index in [2.05, 4.69) is 11.8 Å². The first-order chi connectivity index (χ1) is 10.00. The van der Waals surface area contributed by atoms with E-state index < -0.39 is 9.84 Å². The molecule has 21 heavy (non-hydrogen) atoms. The van der Waals surface area contributed by atoms with Gasteiger partial charge in [-0.1, -0.05) is 17.9 Å². The van der Waals surface area contributed by atoms with E-state index in [1.54, 1.807) is 6.07 Å². The molecule has 0 spiro atoms. The normalized spacial score (nSPS) is 18.0. The molecule has 1 aromatic rings. The SMILES string of the molecule is O=S1(=O)CCN(Cc2ccc(F)cc2C#CCCO)CC1. The summed E-state index contributed by atoms with van der Waals surface area (Å²) in [4.78, 5) is 2.03. The van der Waals surface area contributed by atoms with Gasteiger partial charge in [0.2, 0.25) is 0 Å². The Bertz CT molecular complexity index is 647. The van der Waals surface area contributed by atoms with Gasteiger partial charge in [-0.2, -0.15) is 0 Å². The summed E-state index contributed by atoms with van der Waals surface area (Å²) in [7, 11) is -2.90. The van der Waals surface area contributed by atoms with E-state index in [4.69, 9.17) is 5.11 Å². The predicted octanol–water partition coefficient (Wildman–Crippen LogP) is 0.790. The van der Waals surface area contributed by atoms with Gasteiger partial charge < -0.3 is 5.11 Å². The van der Waals surface area contributed by atoms with Gasteiger partial charge in [0, 0.05) is 31.6 Å². The number of rotatable bonds is 3. The number of sulfone groups is 1. The summed E-state index contributed by atoms with van der Waals surface area (Å²) in [6.07, 6.45) is 0.345. The van der Waals surface area contributed by atoms with Gasteiger partial charge in [0.1, 0.15) is 5.82 Å². The third-order valence-corrected chi connectivity index (χ3v) is 4.97. The number of halogens is 1. The largest absolute Gasteiger partial charge is 0.395 e. The van der Waals surface area contributed by atoms with Crippen LogP contribution in [0.5, 0.6) is 0 Å². The molecule has 0 amide bonds. The monoisotopic (exact) mass is 311 g/mol. The maximum atomic E-state index is 13.3. The van der Waals surface area contributed by atoms with Gasteiger partial charge >= 0.3 is 0 Å². The molecule has 0 radical (unpaired) electrons. The zero-order valence-corrected chi connectivity index (χ0v) is 12.5. The van der Waals surface area contributed by atoms with E-state index >= 15 is 0 Å². The van der Waals surface area contributed by atoms with E-state index in [1.807, 2.05) is 4.90 Å². The molecule has 0 saturated carbocycles. The molecular formula is C15H18FNO3S. The molecule has 4 nitrogen and oxygen atoms in total. The summed E-state index contributed by atoms with van der Waals surface area (Å²) in [5.74, 6) is 5.63. The number of benzene rings is 1. The number of aliphatic hydroxyl groups is 1. The molecule has 0 aliphatic carbocycles. The van der Waals surface area contributed by atoms with Crippen LogP contribution >= 0.6 is 0 Å². The van der Waals surface area contributed by atoms with Crippen LogP contribution in [0.15, 0.2) is 18.2 Å². The zero-order valence-electron chi connectivity index (χ0n) is 11.7. The van der Waals surface area contributed by atoms with Crippen molar-refractivity contribution in [2.75, 3.05) is 31.2 Å². The Kier molecular flexibility index (Phi) is 5.34. The van der Waals surface area contributed by atoms with E-state index in [1.165, 1.54) is 12.1 Å². The Morgan fingerprint density at radius 2 is 2.00 bits per heavy atom. The Labute approximate surface area is 124 Å². The molecule has 0 aromatic heterocycles. The number of nitrogens with zero attached hydrogens (tertiary/aromatic N) is 1. The molecule has 114 valence electrons. The summed E-state index contributed by atoms with van der Waals surface area (Å²) < 4.78 is 36.2. The molecule has 2 rings (SSSR count). The van der Waals surface area contributed by atoms with Crippen LogP contribution in [-0.2, 0) is 16.4 Å². The van der Waals surface area contributed by atoms with E-state index in [0.717, 1.165) is 5.56 Å². The lowest BCUT2D eigenvalue weighted by molar-refractivity contribution is 0.287. The fourth-order valence-electron chi connectivity index (χ4n) is 2.17. The summed E-state index contributed by atoms with van der Waals surface area (Å²) in [6, 6.07) is 4.44. The van der Waals surface area contributed by atoms with Crippen molar-refractivity contribution < 1.29 is 17.9 Å². The fourth-order valence-corrected chi connectivity index (χ4v) is 3.44. The van der Waals surface area contributed by atoms with Crippen molar-refractivity contribution in [1.82, 2.24) is 4.90 Å². The molecule has 1 aliphatic rings. The number of aliphatic hydroxyl groups excluding tert-OH is 1. The Morgan fingerprint density at radius 1 is 1.29 bits per heavy atom. The van der Waals surface area contributed by atoms with Gasteiger partial charge in [0.25, 0.3) is 0 Å². The lowest BCUT2D eigenvalue weighted by atomic mass is 10.1. The second-order valence-electron chi connectivity index (χ2n) is 5.00. The van der Waals surface area contributed by atoms with Gasteiger partial charge in [-0.25, -0.2) is 12.8 Å². The van der Waals surface area contributed by atoms with E-state index in [0.29, 0.717) is 31.6 Å². The highest BCUT2D eigenvalue weighted by atomic mass is 32.2. The van der Waals surface area contributed by atoms with Crippen molar-refractivity contribution in [3.05, 3.63) is 35.1 Å². The van der Waals surface area contributed by atoms with Crippen molar-refractivity contribution >= 4 is 9.84 Å². The van der Waals surface area contributed by atoms with Gasteiger partial charge in [-0.05, 0) is 17.7 Å². The quantitative estimate of drug-likeness (QED) is 0.839. The average Bonchev–Trinajstić information content (AvgIpc) is 2.44. The first kappa shape index (κ1) is 16.0. The van der Waals surface area contributed by atoms with Crippen LogP contribution in [0.2, 0.25) is 0 Å². The third kappa shape index (κ3) is 4.81. The van der Waals surface area contributed by atoms with Gasteiger partial charge in [0.15, 0.2) is 9.84 Å². The Hall–Kier alpha value is -1.42. The average molecular weight is 311 g/mol. The molecule has 1 aliphatic heterocycles. The van der Waals surface area contributed by atoms with Crippen LogP contribution < -0.4 is 0 Å². The highest BCUT2D eigenvalue weighted by Gasteiger charge is 2.21. The van der Waals surface area contributed by atoms with Crippen LogP contribution in [0.4, 0.5) is 4.39 Å². The molecule has 1 heterocycles.